The monoisotopic (exact) mass is 702 g/mol. The summed E-state index contributed by atoms with van der Waals surface area (Å²) >= 11 is 0. The minimum absolute atomic E-state index is 0. The molecule has 0 unspecified atom stereocenters. The maximum absolute atomic E-state index is 11.4. The number of carbonyl (C=O) groups excluding carboxylic acids is 3. The summed E-state index contributed by atoms with van der Waals surface area (Å²) in [6.07, 6.45) is 3.67. The second-order valence-electron chi connectivity index (χ2n) is 16.1. The van der Waals surface area contributed by atoms with Crippen LogP contribution in [0.2, 0.25) is 0 Å². The first kappa shape index (κ1) is 46.2. The molecule has 0 aliphatic heterocycles. The van der Waals surface area contributed by atoms with Crippen molar-refractivity contribution in [2.24, 2.45) is 32.5 Å². The Bertz CT molecular complexity index is 801. The zero-order valence-corrected chi connectivity index (χ0v) is 31.0. The van der Waals surface area contributed by atoms with Crippen molar-refractivity contribution in [1.29, 1.82) is 0 Å². The van der Waals surface area contributed by atoms with Gasteiger partial charge in [0.15, 0.2) is 17.3 Å². The molecule has 0 N–H and O–H groups in total. The van der Waals surface area contributed by atoms with E-state index >= 15 is 0 Å². The molecule has 0 aliphatic carbocycles. The number of allylic oxidation sites excluding steroid dienone is 6. The predicted molar refractivity (Wildman–Crippen MR) is 156 cm³/mol. The van der Waals surface area contributed by atoms with Crippen molar-refractivity contribution < 1.29 is 79.1 Å². The second-order valence-corrected chi connectivity index (χ2v) is 16.1. The second kappa shape index (κ2) is 16.7. The van der Waals surface area contributed by atoms with Crippen molar-refractivity contribution >= 4 is 17.3 Å². The van der Waals surface area contributed by atoms with Crippen molar-refractivity contribution in [3.63, 3.8) is 0 Å². The van der Waals surface area contributed by atoms with E-state index in [4.69, 9.17) is 0 Å². The van der Waals surface area contributed by atoms with E-state index in [-0.39, 0.29) is 84.0 Å². The van der Waals surface area contributed by atoms with Gasteiger partial charge >= 0.3 is 49.4 Å². The summed E-state index contributed by atoms with van der Waals surface area (Å²) in [6.45, 7) is 32.5. The SMILES string of the molecule is CC(C)(C)C(=O)/C=C(/[O-])C(C)(C)C.CC(C)(C)C(=O)/C=C(/[O-])C(C)(C)C.CC(C)(C)C(=O)/C=C(/[O-])C(C)(C)C.[Eu+3]. The first-order valence-electron chi connectivity index (χ1n) is 13.5. The number of rotatable bonds is 3. The fourth-order valence-corrected chi connectivity index (χ4v) is 1.66. The van der Waals surface area contributed by atoms with Crippen molar-refractivity contribution in [3.05, 3.63) is 35.5 Å². The normalized spacial score (nSPS) is 14.1. The van der Waals surface area contributed by atoms with Crippen molar-refractivity contribution in [3.8, 4) is 0 Å². The molecule has 0 spiro atoms. The molecule has 0 rings (SSSR count). The Labute approximate surface area is 286 Å². The van der Waals surface area contributed by atoms with E-state index in [1.54, 1.807) is 0 Å². The van der Waals surface area contributed by atoms with Crippen LogP contribution < -0.4 is 15.3 Å². The Morgan fingerprint density at radius 3 is 0.550 bits per heavy atom. The fourth-order valence-electron chi connectivity index (χ4n) is 1.66. The van der Waals surface area contributed by atoms with Gasteiger partial charge in [-0.2, -0.15) is 0 Å². The van der Waals surface area contributed by atoms with Gasteiger partial charge in [-0.1, -0.05) is 125 Å². The molecule has 40 heavy (non-hydrogen) atoms. The van der Waals surface area contributed by atoms with Gasteiger partial charge in [0.05, 0.1) is 0 Å². The summed E-state index contributed by atoms with van der Waals surface area (Å²) in [5.41, 5.74) is -2.74. The van der Waals surface area contributed by atoms with Crippen LogP contribution in [0.1, 0.15) is 125 Å². The molecular weight excluding hydrogens is 644 g/mol. The molecule has 0 saturated carbocycles. The molecule has 0 fully saturated rings. The first-order chi connectivity index (χ1) is 16.6. The summed E-state index contributed by atoms with van der Waals surface area (Å²) in [4.78, 5) is 34.3. The molecule has 232 valence electrons. The van der Waals surface area contributed by atoms with Gasteiger partial charge in [-0.3, -0.25) is 14.4 Å². The molecule has 0 atom stereocenters. The summed E-state index contributed by atoms with van der Waals surface area (Å²) in [5.74, 6) is -0.625. The number of hydrogen-bond donors (Lipinski definition) is 0. The van der Waals surface area contributed by atoms with Crippen LogP contribution in [0.3, 0.4) is 0 Å². The zero-order chi connectivity index (χ0) is 32.6. The van der Waals surface area contributed by atoms with E-state index in [1.165, 1.54) is 18.2 Å². The maximum atomic E-state index is 11.4. The Hall–Kier alpha value is -0.786. The van der Waals surface area contributed by atoms with Gasteiger partial charge in [0.1, 0.15) is 0 Å². The largest absolute Gasteiger partial charge is 3.00 e. The van der Waals surface area contributed by atoms with E-state index < -0.39 is 32.5 Å². The van der Waals surface area contributed by atoms with Crippen LogP contribution in [0.4, 0.5) is 0 Å². The first-order valence-corrected chi connectivity index (χ1v) is 13.5. The minimum Gasteiger partial charge on any atom is -0.875 e. The summed E-state index contributed by atoms with van der Waals surface area (Å²) in [7, 11) is 0. The van der Waals surface area contributed by atoms with Gasteiger partial charge in [-0.15, -0.1) is 17.3 Å². The van der Waals surface area contributed by atoms with Crippen LogP contribution in [0.25, 0.3) is 0 Å². The van der Waals surface area contributed by atoms with Crippen LogP contribution in [0.15, 0.2) is 35.5 Å². The van der Waals surface area contributed by atoms with Gasteiger partial charge in [-0.25, -0.2) is 0 Å². The number of ketones is 3. The third-order valence-electron chi connectivity index (χ3n) is 5.22. The number of hydrogen-bond acceptors (Lipinski definition) is 6. The Kier molecular flexibility index (Phi) is 19.3. The average Bonchev–Trinajstić information content (AvgIpc) is 2.64. The predicted octanol–water partition coefficient (Wildman–Crippen LogP) is 5.68. The van der Waals surface area contributed by atoms with Crippen LogP contribution in [0, 0.1) is 81.9 Å². The van der Waals surface area contributed by atoms with Crippen LogP contribution in [-0.2, 0) is 14.4 Å². The topological polar surface area (TPSA) is 120 Å². The molecule has 0 saturated heterocycles. The maximum Gasteiger partial charge on any atom is 3.00 e. The minimum atomic E-state index is -0.457. The van der Waals surface area contributed by atoms with Gasteiger partial charge in [-0.05, 0) is 34.5 Å². The Balaban J connectivity index is -0.000000240. The van der Waals surface area contributed by atoms with E-state index in [0.29, 0.717) is 0 Å². The average molecular weight is 702 g/mol. The smallest absolute Gasteiger partial charge is 0.875 e. The molecule has 0 amide bonds. The van der Waals surface area contributed by atoms with Gasteiger partial charge in [0.25, 0.3) is 0 Å². The molecule has 7 heteroatoms. The van der Waals surface area contributed by atoms with E-state index in [1.807, 2.05) is 125 Å². The molecule has 0 aromatic rings. The van der Waals surface area contributed by atoms with Crippen LogP contribution >= 0.6 is 0 Å². The van der Waals surface area contributed by atoms with E-state index in [0.717, 1.165) is 0 Å². The molecule has 0 bridgehead atoms. The molecule has 0 aromatic heterocycles. The Morgan fingerprint density at radius 2 is 0.475 bits per heavy atom. The molecular formula is C33H57EuO6. The summed E-state index contributed by atoms with van der Waals surface area (Å²) in [6, 6.07) is 0. The van der Waals surface area contributed by atoms with Gasteiger partial charge < -0.3 is 15.3 Å². The van der Waals surface area contributed by atoms with Crippen LogP contribution in [-0.4, -0.2) is 17.3 Å². The summed E-state index contributed by atoms with van der Waals surface area (Å²) in [5, 5.41) is 34.3. The third kappa shape index (κ3) is 21.9. The van der Waals surface area contributed by atoms with Gasteiger partial charge in [0.2, 0.25) is 0 Å². The number of carbonyl (C=O) groups is 3. The van der Waals surface area contributed by atoms with E-state index in [2.05, 4.69) is 0 Å². The van der Waals surface area contributed by atoms with Crippen molar-refractivity contribution in [1.82, 2.24) is 0 Å². The molecule has 0 radical (unpaired) electrons. The Morgan fingerprint density at radius 1 is 0.350 bits per heavy atom. The molecule has 0 aliphatic rings. The van der Waals surface area contributed by atoms with Gasteiger partial charge in [0, 0.05) is 16.2 Å². The standard InChI is InChI=1S/3C11H20O2.Eu/c3*1-10(2,3)8(12)7-9(13)11(4,5)6;/h3*7,12H,1-6H3;/q;;;+3/p-3/b3*8-7+;. The fraction of sp³-hybridized carbons (Fsp3) is 0.727. The van der Waals surface area contributed by atoms with E-state index in [9.17, 15) is 29.7 Å². The van der Waals surface area contributed by atoms with Crippen LogP contribution in [0.5, 0.6) is 0 Å². The molecule has 6 nitrogen and oxygen atoms in total. The quantitative estimate of drug-likeness (QED) is 0.276. The molecule has 0 aromatic carbocycles. The van der Waals surface area contributed by atoms with Crippen molar-refractivity contribution in [2.45, 2.75) is 125 Å². The third-order valence-corrected chi connectivity index (χ3v) is 5.22. The summed E-state index contributed by atoms with van der Waals surface area (Å²) < 4.78 is 0. The zero-order valence-electron chi connectivity index (χ0n) is 28.6. The molecule has 0 heterocycles. The van der Waals surface area contributed by atoms with Crippen molar-refractivity contribution in [2.75, 3.05) is 0 Å².